The van der Waals surface area contributed by atoms with Gasteiger partial charge in [-0.15, -0.1) is 11.3 Å². The SMILES string of the molecule is CCN(C1=C(c2cccs2)C(=O)N(c2ccc(C)c(Cl)c2)C1=O)c1ccccc1. The van der Waals surface area contributed by atoms with Crippen LogP contribution in [0.3, 0.4) is 0 Å². The third kappa shape index (κ3) is 3.37. The molecular formula is C23H19ClN2O2S. The summed E-state index contributed by atoms with van der Waals surface area (Å²) in [7, 11) is 0. The number of imide groups is 1. The first-order valence-electron chi connectivity index (χ1n) is 9.28. The fourth-order valence-corrected chi connectivity index (χ4v) is 4.38. The molecule has 146 valence electrons. The van der Waals surface area contributed by atoms with Crippen LogP contribution in [0.5, 0.6) is 0 Å². The monoisotopic (exact) mass is 422 g/mol. The van der Waals surface area contributed by atoms with Crippen LogP contribution in [0.15, 0.2) is 71.7 Å². The first kappa shape index (κ1) is 19.4. The summed E-state index contributed by atoms with van der Waals surface area (Å²) in [6.07, 6.45) is 0. The molecule has 0 radical (unpaired) electrons. The number of amides is 2. The zero-order valence-electron chi connectivity index (χ0n) is 16.1. The van der Waals surface area contributed by atoms with E-state index in [9.17, 15) is 9.59 Å². The Labute approximate surface area is 178 Å². The van der Waals surface area contributed by atoms with Crippen LogP contribution in [0, 0.1) is 6.92 Å². The fourth-order valence-electron chi connectivity index (χ4n) is 3.44. The molecule has 2 amide bonds. The third-order valence-electron chi connectivity index (χ3n) is 4.89. The summed E-state index contributed by atoms with van der Waals surface area (Å²) >= 11 is 7.72. The lowest BCUT2D eigenvalue weighted by atomic mass is 10.1. The number of rotatable bonds is 5. The second-order valence-electron chi connectivity index (χ2n) is 6.66. The van der Waals surface area contributed by atoms with Gasteiger partial charge in [-0.25, -0.2) is 4.90 Å². The Bertz CT molecular complexity index is 1110. The van der Waals surface area contributed by atoms with Gasteiger partial charge in [-0.2, -0.15) is 0 Å². The summed E-state index contributed by atoms with van der Waals surface area (Å²) in [6, 6.07) is 18.6. The number of aryl methyl sites for hydroxylation is 1. The zero-order valence-corrected chi connectivity index (χ0v) is 17.6. The summed E-state index contributed by atoms with van der Waals surface area (Å²) in [5.74, 6) is -0.675. The minimum absolute atomic E-state index is 0.332. The van der Waals surface area contributed by atoms with Crippen molar-refractivity contribution in [1.29, 1.82) is 0 Å². The lowest BCUT2D eigenvalue weighted by molar-refractivity contribution is -0.120. The van der Waals surface area contributed by atoms with Gasteiger partial charge in [0.25, 0.3) is 11.8 Å². The topological polar surface area (TPSA) is 40.6 Å². The molecule has 0 spiro atoms. The minimum atomic E-state index is -0.343. The number of nitrogens with zero attached hydrogens (tertiary/aromatic N) is 2. The first-order valence-corrected chi connectivity index (χ1v) is 10.5. The fraction of sp³-hybridized carbons (Fsp3) is 0.130. The van der Waals surface area contributed by atoms with Gasteiger partial charge < -0.3 is 4.90 Å². The lowest BCUT2D eigenvalue weighted by Gasteiger charge is -2.24. The van der Waals surface area contributed by atoms with Crippen molar-refractivity contribution in [3.8, 4) is 0 Å². The van der Waals surface area contributed by atoms with Gasteiger partial charge in [-0.05, 0) is 55.1 Å². The molecule has 4 nitrogen and oxygen atoms in total. The number of carbonyl (C=O) groups is 2. The Kier molecular flexibility index (Phi) is 5.26. The van der Waals surface area contributed by atoms with Gasteiger partial charge in [0.1, 0.15) is 5.70 Å². The summed E-state index contributed by atoms with van der Waals surface area (Å²) in [6.45, 7) is 4.40. The number of thiophene rings is 1. The van der Waals surface area contributed by atoms with Crippen molar-refractivity contribution in [3.63, 3.8) is 0 Å². The highest BCUT2D eigenvalue weighted by atomic mass is 35.5. The molecule has 0 saturated carbocycles. The number of likely N-dealkylation sites (N-methyl/N-ethyl adjacent to an activating group) is 1. The van der Waals surface area contributed by atoms with Gasteiger partial charge in [-0.3, -0.25) is 9.59 Å². The first-order chi connectivity index (χ1) is 14.0. The molecule has 29 heavy (non-hydrogen) atoms. The highest BCUT2D eigenvalue weighted by Gasteiger charge is 2.43. The molecule has 1 aliphatic rings. The largest absolute Gasteiger partial charge is 0.337 e. The van der Waals surface area contributed by atoms with Gasteiger partial charge in [-0.1, -0.05) is 41.9 Å². The van der Waals surface area contributed by atoms with Crippen molar-refractivity contribution in [2.24, 2.45) is 0 Å². The van der Waals surface area contributed by atoms with Crippen molar-refractivity contribution >= 4 is 51.7 Å². The minimum Gasteiger partial charge on any atom is -0.337 e. The Morgan fingerprint density at radius 1 is 1.00 bits per heavy atom. The number of hydrogen-bond acceptors (Lipinski definition) is 4. The van der Waals surface area contributed by atoms with Crippen LogP contribution in [-0.2, 0) is 9.59 Å². The molecule has 4 rings (SSSR count). The Hall–Kier alpha value is -2.89. The number of anilines is 2. The second-order valence-corrected chi connectivity index (χ2v) is 8.01. The molecule has 0 atom stereocenters. The Balaban J connectivity index is 1.88. The molecule has 2 aromatic carbocycles. The molecule has 0 aliphatic carbocycles. The Morgan fingerprint density at radius 2 is 1.76 bits per heavy atom. The van der Waals surface area contributed by atoms with Crippen molar-refractivity contribution in [1.82, 2.24) is 0 Å². The van der Waals surface area contributed by atoms with E-state index in [0.717, 1.165) is 16.1 Å². The number of halogens is 1. The van der Waals surface area contributed by atoms with E-state index in [-0.39, 0.29) is 11.8 Å². The quantitative estimate of drug-likeness (QED) is 0.508. The van der Waals surface area contributed by atoms with Crippen LogP contribution in [0.1, 0.15) is 17.4 Å². The highest BCUT2D eigenvalue weighted by molar-refractivity contribution is 7.11. The van der Waals surface area contributed by atoms with E-state index in [1.54, 1.807) is 12.1 Å². The van der Waals surface area contributed by atoms with Gasteiger partial charge in [0.05, 0.1) is 11.3 Å². The summed E-state index contributed by atoms with van der Waals surface area (Å²) in [4.78, 5) is 30.9. The normalized spacial score (nSPS) is 14.1. The lowest BCUT2D eigenvalue weighted by Crippen LogP contribution is -2.35. The zero-order chi connectivity index (χ0) is 20.5. The van der Waals surface area contributed by atoms with Crippen molar-refractivity contribution < 1.29 is 9.59 Å². The molecule has 0 bridgehead atoms. The van der Waals surface area contributed by atoms with E-state index in [4.69, 9.17) is 11.6 Å². The summed E-state index contributed by atoms with van der Waals surface area (Å²) in [5, 5.41) is 2.42. The number of carbonyl (C=O) groups excluding carboxylic acids is 2. The van der Waals surface area contributed by atoms with E-state index in [1.165, 1.54) is 16.2 Å². The van der Waals surface area contributed by atoms with Gasteiger partial charge in [0.15, 0.2) is 0 Å². The van der Waals surface area contributed by atoms with Crippen molar-refractivity contribution in [2.45, 2.75) is 13.8 Å². The number of hydrogen-bond donors (Lipinski definition) is 0. The van der Waals surface area contributed by atoms with Crippen LogP contribution in [0.4, 0.5) is 11.4 Å². The van der Waals surface area contributed by atoms with Crippen molar-refractivity contribution in [2.75, 3.05) is 16.3 Å². The molecule has 0 unspecified atom stereocenters. The van der Waals surface area contributed by atoms with Gasteiger partial charge in [0, 0.05) is 22.1 Å². The molecular weight excluding hydrogens is 404 g/mol. The molecule has 1 aliphatic heterocycles. The van der Waals surface area contributed by atoms with Gasteiger partial charge >= 0.3 is 0 Å². The van der Waals surface area contributed by atoms with Crippen LogP contribution < -0.4 is 9.80 Å². The standard InChI is InChI=1S/C23H19ClN2O2S/c1-3-25(16-8-5-4-6-9-16)21-20(19-10-7-13-29-19)22(27)26(23(21)28)17-12-11-15(2)18(24)14-17/h4-14H,3H2,1-2H3. The third-order valence-corrected chi connectivity index (χ3v) is 6.19. The molecule has 0 fully saturated rings. The highest BCUT2D eigenvalue weighted by Crippen LogP contribution is 2.38. The smallest absolute Gasteiger partial charge is 0.282 e. The predicted molar refractivity (Wildman–Crippen MR) is 119 cm³/mol. The van der Waals surface area contributed by atoms with Crippen LogP contribution in [0.2, 0.25) is 5.02 Å². The molecule has 3 aromatic rings. The van der Waals surface area contributed by atoms with Crippen LogP contribution in [0.25, 0.3) is 5.57 Å². The predicted octanol–water partition coefficient (Wildman–Crippen LogP) is 5.52. The Morgan fingerprint density at radius 3 is 2.38 bits per heavy atom. The maximum absolute atomic E-state index is 13.6. The molecule has 0 saturated heterocycles. The van der Waals surface area contributed by atoms with Crippen LogP contribution >= 0.6 is 22.9 Å². The van der Waals surface area contributed by atoms with E-state index < -0.39 is 0 Å². The number of para-hydroxylation sites is 1. The van der Waals surface area contributed by atoms with Crippen molar-refractivity contribution in [3.05, 3.63) is 87.2 Å². The van der Waals surface area contributed by atoms with E-state index in [2.05, 4.69) is 0 Å². The maximum atomic E-state index is 13.6. The van der Waals surface area contributed by atoms with Crippen LogP contribution in [-0.4, -0.2) is 18.4 Å². The summed E-state index contributed by atoms with van der Waals surface area (Å²) in [5.41, 5.74) is 3.05. The van der Waals surface area contributed by atoms with E-state index in [0.29, 0.717) is 28.5 Å². The molecule has 6 heteroatoms. The maximum Gasteiger partial charge on any atom is 0.282 e. The molecule has 1 aromatic heterocycles. The molecule has 0 N–H and O–H groups in total. The average Bonchev–Trinajstić information content (AvgIpc) is 3.33. The summed E-state index contributed by atoms with van der Waals surface area (Å²) < 4.78 is 0. The van der Waals surface area contributed by atoms with E-state index in [1.807, 2.05) is 72.7 Å². The molecule has 2 heterocycles. The number of benzene rings is 2. The second kappa shape index (κ2) is 7.85. The average molecular weight is 423 g/mol. The van der Waals surface area contributed by atoms with E-state index >= 15 is 0 Å². The van der Waals surface area contributed by atoms with Gasteiger partial charge in [0.2, 0.25) is 0 Å².